The summed E-state index contributed by atoms with van der Waals surface area (Å²) in [5, 5.41) is 8.54. The van der Waals surface area contributed by atoms with Gasteiger partial charge < -0.3 is 10.5 Å². The van der Waals surface area contributed by atoms with Crippen molar-refractivity contribution in [2.45, 2.75) is 33.3 Å². The number of rotatable bonds is 7. The molecule has 0 radical (unpaired) electrons. The molecule has 3 N–H and O–H groups in total. The van der Waals surface area contributed by atoms with Gasteiger partial charge in [0.05, 0.1) is 4.99 Å². The third-order valence-corrected chi connectivity index (χ3v) is 4.14. The second-order valence-corrected chi connectivity index (χ2v) is 7.23. The van der Waals surface area contributed by atoms with Crippen LogP contribution in [0.3, 0.4) is 0 Å². The summed E-state index contributed by atoms with van der Waals surface area (Å²) in [6, 6.07) is 14.4. The lowest BCUT2D eigenvalue weighted by Crippen LogP contribution is -2.11. The van der Waals surface area contributed by atoms with Gasteiger partial charge in [0.15, 0.2) is 0 Å². The molecule has 2 aromatic carbocycles. The van der Waals surface area contributed by atoms with Gasteiger partial charge >= 0.3 is 0 Å². The zero-order valence-electron chi connectivity index (χ0n) is 14.6. The van der Waals surface area contributed by atoms with Crippen LogP contribution in [0.25, 0.3) is 10.9 Å². The zero-order chi connectivity index (χ0) is 17.8. The van der Waals surface area contributed by atoms with Gasteiger partial charge in [-0.1, -0.05) is 56.4 Å². The fraction of sp³-hybridized carbons (Fsp3) is 0.300. The summed E-state index contributed by atoms with van der Waals surface area (Å²) < 4.78 is 6.10. The first kappa shape index (κ1) is 17.4. The predicted octanol–water partition coefficient (Wildman–Crippen LogP) is 4.17. The molecule has 1 heterocycles. The van der Waals surface area contributed by atoms with Crippen molar-refractivity contribution >= 4 is 28.1 Å². The number of aromatic amines is 1. The number of benzene rings is 2. The third kappa shape index (κ3) is 4.37. The van der Waals surface area contributed by atoms with Crippen molar-refractivity contribution in [1.82, 2.24) is 10.2 Å². The van der Waals surface area contributed by atoms with E-state index in [1.54, 1.807) is 0 Å². The monoisotopic (exact) mass is 353 g/mol. The number of fused-ring (bicyclic) bond motifs is 1. The Morgan fingerprint density at radius 2 is 1.96 bits per heavy atom. The standard InChI is InChI=1S/C20H23N3OS/c1-13(2)8-15-9-16-17(11-19(21)25)22-23-20(16)18(10-15)24-12-14-6-4-3-5-7-14/h3-7,9-10,13H,8,11-12H2,1-2H3,(H2,21,25)(H,22,23). The Kier molecular flexibility index (Phi) is 5.34. The molecule has 3 aromatic rings. The summed E-state index contributed by atoms with van der Waals surface area (Å²) in [7, 11) is 0. The van der Waals surface area contributed by atoms with Crippen molar-refractivity contribution in [2.75, 3.05) is 0 Å². The van der Waals surface area contributed by atoms with Crippen molar-refractivity contribution in [3.63, 3.8) is 0 Å². The number of thiocarbonyl (C=S) groups is 1. The molecule has 4 nitrogen and oxygen atoms in total. The topological polar surface area (TPSA) is 63.9 Å². The van der Waals surface area contributed by atoms with E-state index >= 15 is 0 Å². The fourth-order valence-corrected chi connectivity index (χ4v) is 3.08. The molecule has 0 atom stereocenters. The zero-order valence-corrected chi connectivity index (χ0v) is 15.4. The van der Waals surface area contributed by atoms with E-state index < -0.39 is 0 Å². The second-order valence-electron chi connectivity index (χ2n) is 6.71. The molecule has 0 bridgehead atoms. The Bertz CT molecular complexity index is 871. The van der Waals surface area contributed by atoms with E-state index in [0.717, 1.165) is 34.3 Å². The van der Waals surface area contributed by atoms with Crippen LogP contribution in [-0.2, 0) is 19.4 Å². The van der Waals surface area contributed by atoms with Gasteiger partial charge in [-0.05, 0) is 35.6 Å². The average molecular weight is 353 g/mol. The van der Waals surface area contributed by atoms with Crippen molar-refractivity contribution in [1.29, 1.82) is 0 Å². The van der Waals surface area contributed by atoms with Crippen LogP contribution in [0.15, 0.2) is 42.5 Å². The summed E-state index contributed by atoms with van der Waals surface area (Å²) in [4.78, 5) is 0.451. The van der Waals surface area contributed by atoms with Crippen LogP contribution in [-0.4, -0.2) is 15.2 Å². The predicted molar refractivity (Wildman–Crippen MR) is 106 cm³/mol. The normalized spacial score (nSPS) is 11.2. The highest BCUT2D eigenvalue weighted by Crippen LogP contribution is 2.30. The third-order valence-electron chi connectivity index (χ3n) is 3.99. The maximum Gasteiger partial charge on any atom is 0.148 e. The van der Waals surface area contributed by atoms with E-state index in [9.17, 15) is 0 Å². The van der Waals surface area contributed by atoms with Crippen molar-refractivity contribution in [3.8, 4) is 5.75 Å². The maximum absolute atomic E-state index is 6.10. The smallest absolute Gasteiger partial charge is 0.148 e. The van der Waals surface area contributed by atoms with Gasteiger partial charge in [-0.2, -0.15) is 5.10 Å². The van der Waals surface area contributed by atoms with E-state index in [0.29, 0.717) is 23.9 Å². The van der Waals surface area contributed by atoms with E-state index in [4.69, 9.17) is 22.7 Å². The number of hydrogen-bond donors (Lipinski definition) is 2. The molecule has 25 heavy (non-hydrogen) atoms. The van der Waals surface area contributed by atoms with Gasteiger partial charge in [0.1, 0.15) is 17.9 Å². The molecule has 0 fully saturated rings. The molecular weight excluding hydrogens is 330 g/mol. The summed E-state index contributed by atoms with van der Waals surface area (Å²) in [6.45, 7) is 4.93. The van der Waals surface area contributed by atoms with Gasteiger partial charge in [-0.3, -0.25) is 5.10 Å². The van der Waals surface area contributed by atoms with E-state index in [1.807, 2.05) is 18.2 Å². The summed E-state index contributed by atoms with van der Waals surface area (Å²) >= 11 is 5.06. The molecular formula is C20H23N3OS. The maximum atomic E-state index is 6.10. The molecule has 0 spiro atoms. The molecule has 130 valence electrons. The summed E-state index contributed by atoms with van der Waals surface area (Å²) in [5.41, 5.74) is 9.85. The first-order valence-electron chi connectivity index (χ1n) is 8.48. The lowest BCUT2D eigenvalue weighted by atomic mass is 10.00. The number of nitrogens with zero attached hydrogens (tertiary/aromatic N) is 1. The average Bonchev–Trinajstić information content (AvgIpc) is 2.95. The van der Waals surface area contributed by atoms with Crippen molar-refractivity contribution in [2.24, 2.45) is 11.7 Å². The number of hydrogen-bond acceptors (Lipinski definition) is 3. The SMILES string of the molecule is CC(C)Cc1cc(OCc2ccccc2)c2n[nH]c(CC(N)=S)c2c1. The summed E-state index contributed by atoms with van der Waals surface area (Å²) in [6.07, 6.45) is 1.49. The highest BCUT2D eigenvalue weighted by molar-refractivity contribution is 7.80. The largest absolute Gasteiger partial charge is 0.487 e. The van der Waals surface area contributed by atoms with Gasteiger partial charge in [-0.15, -0.1) is 0 Å². The Hall–Kier alpha value is -2.40. The lowest BCUT2D eigenvalue weighted by molar-refractivity contribution is 0.309. The fourth-order valence-electron chi connectivity index (χ4n) is 2.94. The number of ether oxygens (including phenoxy) is 1. The Balaban J connectivity index is 1.96. The van der Waals surface area contributed by atoms with Crippen LogP contribution >= 0.6 is 12.2 Å². The quantitative estimate of drug-likeness (QED) is 0.626. The highest BCUT2D eigenvalue weighted by Gasteiger charge is 2.14. The van der Waals surface area contributed by atoms with E-state index in [1.165, 1.54) is 5.56 Å². The molecule has 0 aliphatic carbocycles. The minimum absolute atomic E-state index is 0.451. The number of H-pyrrole nitrogens is 1. The minimum atomic E-state index is 0.451. The molecule has 0 aliphatic heterocycles. The number of nitrogens with one attached hydrogen (secondary N) is 1. The summed E-state index contributed by atoms with van der Waals surface area (Å²) in [5.74, 6) is 1.35. The molecule has 5 heteroatoms. The Morgan fingerprint density at radius 1 is 1.20 bits per heavy atom. The minimum Gasteiger partial charge on any atom is -0.487 e. The van der Waals surface area contributed by atoms with Crippen LogP contribution in [0.5, 0.6) is 5.75 Å². The van der Waals surface area contributed by atoms with Crippen LogP contribution in [0.4, 0.5) is 0 Å². The molecule has 0 aliphatic rings. The van der Waals surface area contributed by atoms with Gasteiger partial charge in [0, 0.05) is 17.5 Å². The van der Waals surface area contributed by atoms with E-state index in [2.05, 4.69) is 48.3 Å². The first-order valence-corrected chi connectivity index (χ1v) is 8.88. The van der Waals surface area contributed by atoms with Crippen LogP contribution in [0.2, 0.25) is 0 Å². The molecule has 0 amide bonds. The van der Waals surface area contributed by atoms with Crippen molar-refractivity contribution < 1.29 is 4.74 Å². The Labute approximate surface area is 153 Å². The number of nitrogens with two attached hydrogens (primary N) is 1. The Morgan fingerprint density at radius 3 is 2.64 bits per heavy atom. The first-order chi connectivity index (χ1) is 12.0. The molecule has 0 saturated carbocycles. The molecule has 0 saturated heterocycles. The highest BCUT2D eigenvalue weighted by atomic mass is 32.1. The van der Waals surface area contributed by atoms with Crippen LogP contribution < -0.4 is 10.5 Å². The van der Waals surface area contributed by atoms with Gasteiger partial charge in [-0.25, -0.2) is 0 Å². The number of aromatic nitrogens is 2. The van der Waals surface area contributed by atoms with Gasteiger partial charge in [0.25, 0.3) is 0 Å². The van der Waals surface area contributed by atoms with Gasteiger partial charge in [0.2, 0.25) is 0 Å². The molecule has 1 aromatic heterocycles. The molecule has 3 rings (SSSR count). The molecule has 0 unspecified atom stereocenters. The van der Waals surface area contributed by atoms with Crippen LogP contribution in [0.1, 0.15) is 30.7 Å². The van der Waals surface area contributed by atoms with Crippen molar-refractivity contribution in [3.05, 3.63) is 59.3 Å². The second kappa shape index (κ2) is 7.66. The van der Waals surface area contributed by atoms with Crippen LogP contribution in [0, 0.1) is 5.92 Å². The van der Waals surface area contributed by atoms with E-state index in [-0.39, 0.29) is 0 Å². The lowest BCUT2D eigenvalue weighted by Gasteiger charge is -2.11.